The van der Waals surface area contributed by atoms with Gasteiger partial charge in [0.1, 0.15) is 6.54 Å². The van der Waals surface area contributed by atoms with E-state index in [1.807, 2.05) is 12.1 Å². The first-order chi connectivity index (χ1) is 11.5. The molecule has 7 heteroatoms. The number of carbonyl (C=O) groups is 1. The second kappa shape index (κ2) is 6.72. The number of hydrogen-bond donors (Lipinski definition) is 2. The van der Waals surface area contributed by atoms with Crippen molar-refractivity contribution in [1.29, 1.82) is 0 Å². The first-order valence-electron chi connectivity index (χ1n) is 7.27. The summed E-state index contributed by atoms with van der Waals surface area (Å²) in [6.45, 7) is 0.149. The Bertz CT molecular complexity index is 1010. The predicted molar refractivity (Wildman–Crippen MR) is 92.1 cm³/mol. The van der Waals surface area contributed by atoms with Crippen molar-refractivity contribution in [3.8, 4) is 0 Å². The summed E-state index contributed by atoms with van der Waals surface area (Å²) in [7, 11) is 0. The molecule has 24 heavy (non-hydrogen) atoms. The largest absolute Gasteiger partial charge is 0.350 e. The van der Waals surface area contributed by atoms with Crippen LogP contribution in [-0.4, -0.2) is 15.5 Å². The molecule has 0 saturated carbocycles. The van der Waals surface area contributed by atoms with Crippen LogP contribution < -0.4 is 16.6 Å². The van der Waals surface area contributed by atoms with E-state index < -0.39 is 11.2 Å². The van der Waals surface area contributed by atoms with Gasteiger partial charge < -0.3 is 5.32 Å². The Labute approximate surface area is 141 Å². The Hall–Kier alpha value is -2.86. The van der Waals surface area contributed by atoms with Crippen LogP contribution in [0.15, 0.2) is 58.1 Å². The number of benzene rings is 2. The second-order valence-electron chi connectivity index (χ2n) is 5.27. The summed E-state index contributed by atoms with van der Waals surface area (Å²) in [5.74, 6) is -0.329. The standard InChI is InChI=1S/C17H14ClN3O3/c18-12-7-5-11(6-8-12)9-19-15(22)10-21-14-4-2-1-3-13(14)16(23)20-17(21)24/h1-8H,9-10H2,(H,19,22)(H,20,23,24). The van der Waals surface area contributed by atoms with Crippen LogP contribution in [0.2, 0.25) is 5.02 Å². The molecule has 1 aromatic heterocycles. The maximum Gasteiger partial charge on any atom is 0.329 e. The second-order valence-corrected chi connectivity index (χ2v) is 5.70. The van der Waals surface area contributed by atoms with E-state index in [1.165, 1.54) is 4.57 Å². The number of para-hydroxylation sites is 1. The van der Waals surface area contributed by atoms with E-state index in [0.717, 1.165) is 5.56 Å². The minimum absolute atomic E-state index is 0.177. The van der Waals surface area contributed by atoms with Crippen LogP contribution in [0, 0.1) is 0 Å². The number of nitrogens with zero attached hydrogens (tertiary/aromatic N) is 1. The predicted octanol–water partition coefficient (Wildman–Crippen LogP) is 1.66. The van der Waals surface area contributed by atoms with E-state index in [2.05, 4.69) is 10.3 Å². The number of rotatable bonds is 4. The Morgan fingerprint density at radius 3 is 2.54 bits per heavy atom. The third kappa shape index (κ3) is 3.38. The highest BCUT2D eigenvalue weighted by atomic mass is 35.5. The number of hydrogen-bond acceptors (Lipinski definition) is 3. The Balaban J connectivity index is 1.79. The molecule has 0 fully saturated rings. The van der Waals surface area contributed by atoms with E-state index >= 15 is 0 Å². The molecule has 1 amide bonds. The molecule has 0 aliphatic heterocycles. The number of aromatic nitrogens is 2. The highest BCUT2D eigenvalue weighted by molar-refractivity contribution is 6.30. The molecule has 122 valence electrons. The van der Waals surface area contributed by atoms with Crippen LogP contribution in [0.4, 0.5) is 0 Å². The van der Waals surface area contributed by atoms with Gasteiger partial charge in [-0.1, -0.05) is 35.9 Å². The molecule has 0 atom stereocenters. The number of halogens is 1. The summed E-state index contributed by atoms with van der Waals surface area (Å²) in [6, 6.07) is 13.8. The lowest BCUT2D eigenvalue weighted by Gasteiger charge is -2.10. The molecular weight excluding hydrogens is 330 g/mol. The summed E-state index contributed by atoms with van der Waals surface area (Å²) in [4.78, 5) is 38.2. The molecule has 0 saturated heterocycles. The molecule has 3 aromatic rings. The first kappa shape index (κ1) is 16.0. The highest BCUT2D eigenvalue weighted by Gasteiger charge is 2.10. The molecule has 0 aliphatic carbocycles. The van der Waals surface area contributed by atoms with Crippen LogP contribution >= 0.6 is 11.6 Å². The quantitative estimate of drug-likeness (QED) is 0.755. The molecule has 2 N–H and O–H groups in total. The lowest BCUT2D eigenvalue weighted by Crippen LogP contribution is -2.36. The number of aromatic amines is 1. The molecule has 1 heterocycles. The van der Waals surface area contributed by atoms with Crippen molar-refractivity contribution in [2.45, 2.75) is 13.1 Å². The number of carbonyl (C=O) groups excluding carboxylic acids is 1. The van der Waals surface area contributed by atoms with Gasteiger partial charge in [0.15, 0.2) is 0 Å². The minimum atomic E-state index is -0.611. The van der Waals surface area contributed by atoms with Gasteiger partial charge in [0.2, 0.25) is 5.91 Å². The fourth-order valence-corrected chi connectivity index (χ4v) is 2.53. The van der Waals surface area contributed by atoms with Gasteiger partial charge in [-0.15, -0.1) is 0 Å². The maximum atomic E-state index is 12.1. The summed E-state index contributed by atoms with van der Waals surface area (Å²) >= 11 is 5.81. The zero-order chi connectivity index (χ0) is 17.1. The molecule has 0 radical (unpaired) electrons. The van der Waals surface area contributed by atoms with Gasteiger partial charge in [0.05, 0.1) is 10.9 Å². The Morgan fingerprint density at radius 1 is 1.08 bits per heavy atom. The fourth-order valence-electron chi connectivity index (χ4n) is 2.40. The smallest absolute Gasteiger partial charge is 0.329 e. The zero-order valence-electron chi connectivity index (χ0n) is 12.6. The molecular formula is C17H14ClN3O3. The van der Waals surface area contributed by atoms with E-state index in [-0.39, 0.29) is 12.5 Å². The average molecular weight is 344 g/mol. The minimum Gasteiger partial charge on any atom is -0.350 e. The average Bonchev–Trinajstić information content (AvgIpc) is 2.58. The molecule has 0 unspecified atom stereocenters. The van der Waals surface area contributed by atoms with Crippen molar-refractivity contribution < 1.29 is 4.79 Å². The van der Waals surface area contributed by atoms with Crippen molar-refractivity contribution in [2.75, 3.05) is 0 Å². The van der Waals surface area contributed by atoms with Gasteiger partial charge in [-0.3, -0.25) is 19.1 Å². The Morgan fingerprint density at radius 2 is 1.79 bits per heavy atom. The van der Waals surface area contributed by atoms with E-state index in [9.17, 15) is 14.4 Å². The van der Waals surface area contributed by atoms with E-state index in [0.29, 0.717) is 22.5 Å². The van der Waals surface area contributed by atoms with E-state index in [1.54, 1.807) is 36.4 Å². The monoisotopic (exact) mass is 343 g/mol. The topological polar surface area (TPSA) is 84.0 Å². The van der Waals surface area contributed by atoms with Gasteiger partial charge in [0, 0.05) is 11.6 Å². The van der Waals surface area contributed by atoms with Gasteiger partial charge >= 0.3 is 5.69 Å². The molecule has 2 aromatic carbocycles. The van der Waals surface area contributed by atoms with Crippen LogP contribution in [0.25, 0.3) is 10.9 Å². The summed E-state index contributed by atoms with van der Waals surface area (Å²) in [5.41, 5.74) is 0.244. The van der Waals surface area contributed by atoms with E-state index in [4.69, 9.17) is 11.6 Å². The van der Waals surface area contributed by atoms with Crippen molar-refractivity contribution >= 4 is 28.4 Å². The van der Waals surface area contributed by atoms with Gasteiger partial charge in [-0.05, 0) is 29.8 Å². The van der Waals surface area contributed by atoms with Crippen LogP contribution in [0.1, 0.15) is 5.56 Å². The molecule has 0 aliphatic rings. The first-order valence-corrected chi connectivity index (χ1v) is 7.65. The van der Waals surface area contributed by atoms with Gasteiger partial charge in [-0.2, -0.15) is 0 Å². The van der Waals surface area contributed by atoms with Crippen LogP contribution in [-0.2, 0) is 17.9 Å². The van der Waals surface area contributed by atoms with Crippen LogP contribution in [0.5, 0.6) is 0 Å². The van der Waals surface area contributed by atoms with Crippen LogP contribution in [0.3, 0.4) is 0 Å². The molecule has 0 spiro atoms. The normalized spacial score (nSPS) is 10.7. The van der Waals surface area contributed by atoms with Crippen molar-refractivity contribution in [3.05, 3.63) is 80.0 Å². The Kier molecular flexibility index (Phi) is 4.48. The summed E-state index contributed by atoms with van der Waals surface area (Å²) < 4.78 is 1.24. The zero-order valence-corrected chi connectivity index (χ0v) is 13.3. The lowest BCUT2D eigenvalue weighted by molar-refractivity contribution is -0.121. The number of nitrogens with one attached hydrogen (secondary N) is 2. The molecule has 3 rings (SSSR count). The summed E-state index contributed by atoms with van der Waals surface area (Å²) in [5, 5.41) is 3.72. The number of fused-ring (bicyclic) bond motifs is 1. The summed E-state index contributed by atoms with van der Waals surface area (Å²) in [6.07, 6.45) is 0. The molecule has 6 nitrogen and oxygen atoms in total. The SMILES string of the molecule is O=C(Cn1c(=O)[nH]c(=O)c2ccccc21)NCc1ccc(Cl)cc1. The lowest BCUT2D eigenvalue weighted by atomic mass is 10.2. The number of H-pyrrole nitrogens is 1. The van der Waals surface area contributed by atoms with Gasteiger partial charge in [0.25, 0.3) is 5.56 Å². The van der Waals surface area contributed by atoms with Gasteiger partial charge in [-0.25, -0.2) is 4.79 Å². The highest BCUT2D eigenvalue weighted by Crippen LogP contribution is 2.09. The fraction of sp³-hybridized carbons (Fsp3) is 0.118. The third-order valence-corrected chi connectivity index (χ3v) is 3.86. The maximum absolute atomic E-state index is 12.1. The van der Waals surface area contributed by atoms with Crippen molar-refractivity contribution in [1.82, 2.24) is 14.9 Å². The molecule has 0 bridgehead atoms. The van der Waals surface area contributed by atoms with Crippen molar-refractivity contribution in [3.63, 3.8) is 0 Å². The third-order valence-electron chi connectivity index (χ3n) is 3.61. The van der Waals surface area contributed by atoms with Crippen molar-refractivity contribution in [2.24, 2.45) is 0 Å². The number of amides is 1.